The zero-order chi connectivity index (χ0) is 44.6. The number of carbonyl (C=O) groups excluding carboxylic acids is 3. The lowest BCUT2D eigenvalue weighted by Gasteiger charge is -2.13. The SMILES string of the molecule is Cc1sc2c(c1C)C(c1ccc(Cl)cc1)=N[C@@H](CC(=O)Nc1ccc(OCCOCCOCCOCCNC(=O)c3cccc(-c4ccc5c(c4)NC(=O)C5)c3)cc1)c1nnc(C)n1-2.S. The van der Waals surface area contributed by atoms with Crippen molar-refractivity contribution < 1.29 is 33.3 Å². The van der Waals surface area contributed by atoms with Gasteiger partial charge in [-0.05, 0) is 97.6 Å². The van der Waals surface area contributed by atoms with Gasteiger partial charge in [0.05, 0.1) is 58.2 Å². The molecule has 3 N–H and O–H groups in total. The Balaban J connectivity index is 0.00000630. The maximum Gasteiger partial charge on any atom is 0.251 e. The number of hydrogen-bond acceptors (Lipinski definition) is 11. The number of anilines is 2. The maximum atomic E-state index is 13.5. The molecule has 6 aromatic rings. The molecule has 1 atom stereocenters. The number of halogens is 1. The van der Waals surface area contributed by atoms with Crippen molar-refractivity contribution in [2.24, 2.45) is 4.99 Å². The fourth-order valence-electron chi connectivity index (χ4n) is 7.49. The molecule has 2 aliphatic rings. The molecular formula is C48H50ClN7O7S2. The van der Waals surface area contributed by atoms with Gasteiger partial charge in [-0.2, -0.15) is 13.5 Å². The number of aromatic nitrogens is 3. The first-order valence-electron chi connectivity index (χ1n) is 21.0. The van der Waals surface area contributed by atoms with E-state index in [0.29, 0.717) is 87.1 Å². The van der Waals surface area contributed by atoms with Crippen LogP contribution in [0.2, 0.25) is 5.02 Å². The first-order valence-corrected chi connectivity index (χ1v) is 22.2. The minimum Gasteiger partial charge on any atom is -0.491 e. The summed E-state index contributed by atoms with van der Waals surface area (Å²) >= 11 is 7.91. The number of amides is 3. The van der Waals surface area contributed by atoms with Crippen molar-refractivity contribution in [1.29, 1.82) is 0 Å². The fourth-order valence-corrected chi connectivity index (χ4v) is 8.83. The molecular weight excluding hydrogens is 886 g/mol. The van der Waals surface area contributed by atoms with E-state index in [0.717, 1.165) is 55.6 Å². The second-order valence-corrected chi connectivity index (χ2v) is 16.9. The zero-order valence-corrected chi connectivity index (χ0v) is 38.8. The van der Waals surface area contributed by atoms with Crippen molar-refractivity contribution in [3.63, 3.8) is 0 Å². The summed E-state index contributed by atoms with van der Waals surface area (Å²) in [6.45, 7) is 9.13. The van der Waals surface area contributed by atoms with Gasteiger partial charge in [-0.25, -0.2) is 0 Å². The molecule has 8 rings (SSSR count). The van der Waals surface area contributed by atoms with Gasteiger partial charge in [0.1, 0.15) is 29.2 Å². The second kappa shape index (κ2) is 21.9. The fraction of sp³-hybridized carbons (Fsp3) is 0.292. The predicted octanol–water partition coefficient (Wildman–Crippen LogP) is 7.96. The molecule has 14 nitrogen and oxygen atoms in total. The second-order valence-electron chi connectivity index (χ2n) is 15.3. The Hall–Kier alpha value is -5.88. The molecule has 65 heavy (non-hydrogen) atoms. The molecule has 17 heteroatoms. The highest BCUT2D eigenvalue weighted by molar-refractivity contribution is 7.59. The van der Waals surface area contributed by atoms with Crippen molar-refractivity contribution in [2.45, 2.75) is 39.7 Å². The number of benzene rings is 4. The van der Waals surface area contributed by atoms with E-state index in [4.69, 9.17) is 35.5 Å². The number of nitrogens with zero attached hydrogens (tertiary/aromatic N) is 4. The lowest BCUT2D eigenvalue weighted by atomic mass is 9.99. The number of carbonyl (C=O) groups is 3. The van der Waals surface area contributed by atoms with E-state index in [2.05, 4.69) is 40.0 Å². The Morgan fingerprint density at radius 2 is 1.52 bits per heavy atom. The number of nitrogens with one attached hydrogen (secondary N) is 3. The van der Waals surface area contributed by atoms with Gasteiger partial charge in [-0.15, -0.1) is 21.5 Å². The minimum absolute atomic E-state index is 0. The van der Waals surface area contributed by atoms with Crippen molar-refractivity contribution in [3.05, 3.63) is 140 Å². The number of rotatable bonds is 19. The van der Waals surface area contributed by atoms with E-state index in [1.807, 2.05) is 72.2 Å². The number of aliphatic imine (C=N–C) groups is 1. The largest absolute Gasteiger partial charge is 0.491 e. The smallest absolute Gasteiger partial charge is 0.251 e. The first-order chi connectivity index (χ1) is 31.1. The van der Waals surface area contributed by atoms with Crippen LogP contribution in [0.1, 0.15) is 61.6 Å². The monoisotopic (exact) mass is 935 g/mol. The Labute approximate surface area is 393 Å². The lowest BCUT2D eigenvalue weighted by molar-refractivity contribution is -0.117. The van der Waals surface area contributed by atoms with Gasteiger partial charge >= 0.3 is 0 Å². The number of hydrogen-bond donors (Lipinski definition) is 3. The lowest BCUT2D eigenvalue weighted by Crippen LogP contribution is -2.27. The van der Waals surface area contributed by atoms with Gasteiger partial charge in [0.15, 0.2) is 5.82 Å². The van der Waals surface area contributed by atoms with Crippen LogP contribution in [0.3, 0.4) is 0 Å². The third kappa shape index (κ3) is 11.5. The summed E-state index contributed by atoms with van der Waals surface area (Å²) in [5.41, 5.74) is 8.63. The van der Waals surface area contributed by atoms with E-state index in [1.54, 1.807) is 41.7 Å². The minimum atomic E-state index is -0.578. The van der Waals surface area contributed by atoms with Crippen LogP contribution in [0.15, 0.2) is 96.0 Å². The van der Waals surface area contributed by atoms with Gasteiger partial charge in [-0.3, -0.25) is 23.9 Å². The van der Waals surface area contributed by atoms with Crippen molar-refractivity contribution in [3.8, 4) is 21.9 Å². The average Bonchev–Trinajstić information content (AvgIpc) is 3.93. The van der Waals surface area contributed by atoms with Gasteiger partial charge in [-0.1, -0.05) is 48.0 Å². The summed E-state index contributed by atoms with van der Waals surface area (Å²) in [5.74, 6) is 1.59. The van der Waals surface area contributed by atoms with E-state index in [-0.39, 0.29) is 37.6 Å². The highest BCUT2D eigenvalue weighted by Crippen LogP contribution is 2.40. The average molecular weight is 937 g/mol. The van der Waals surface area contributed by atoms with Gasteiger partial charge < -0.3 is 34.9 Å². The molecule has 0 aliphatic carbocycles. The van der Waals surface area contributed by atoms with Crippen LogP contribution in [0.4, 0.5) is 11.4 Å². The molecule has 0 bridgehead atoms. The third-order valence-corrected chi connectivity index (χ3v) is 12.3. The van der Waals surface area contributed by atoms with Gasteiger partial charge in [0.2, 0.25) is 11.8 Å². The first kappa shape index (κ1) is 47.1. The summed E-state index contributed by atoms with van der Waals surface area (Å²) in [6.07, 6.45) is 0.453. The molecule has 2 aromatic heterocycles. The molecule has 0 saturated carbocycles. The Kier molecular flexibility index (Phi) is 15.8. The van der Waals surface area contributed by atoms with E-state index in [1.165, 1.54) is 4.88 Å². The molecule has 4 heterocycles. The Morgan fingerprint density at radius 3 is 2.28 bits per heavy atom. The highest BCUT2D eigenvalue weighted by Gasteiger charge is 2.32. The quantitative estimate of drug-likeness (QED) is 0.0683. The van der Waals surface area contributed by atoms with Crippen molar-refractivity contribution >= 4 is 71.2 Å². The number of fused-ring (bicyclic) bond motifs is 4. The van der Waals surface area contributed by atoms with Crippen LogP contribution in [0, 0.1) is 20.8 Å². The summed E-state index contributed by atoms with van der Waals surface area (Å²) in [6, 6.07) is 27.4. The number of aryl methyl sites for hydroxylation is 2. The third-order valence-electron chi connectivity index (χ3n) is 10.8. The van der Waals surface area contributed by atoms with Crippen LogP contribution in [-0.4, -0.2) is 91.0 Å². The molecule has 3 amide bonds. The number of thiophene rings is 1. The highest BCUT2D eigenvalue weighted by atomic mass is 35.5. The van der Waals surface area contributed by atoms with Crippen LogP contribution < -0.4 is 20.7 Å². The van der Waals surface area contributed by atoms with Gasteiger partial charge in [0, 0.05) is 44.5 Å². The molecule has 0 radical (unpaired) electrons. The molecule has 0 fully saturated rings. The van der Waals surface area contributed by atoms with Crippen LogP contribution >= 0.6 is 36.4 Å². The van der Waals surface area contributed by atoms with Crippen LogP contribution in [0.25, 0.3) is 16.1 Å². The Morgan fingerprint density at radius 1 is 0.831 bits per heavy atom. The summed E-state index contributed by atoms with van der Waals surface area (Å²) in [7, 11) is 0. The van der Waals surface area contributed by atoms with Gasteiger partial charge in [0.25, 0.3) is 5.91 Å². The summed E-state index contributed by atoms with van der Waals surface area (Å²) in [4.78, 5) is 44.3. The van der Waals surface area contributed by atoms with Crippen molar-refractivity contribution in [2.75, 3.05) is 63.4 Å². The maximum absolute atomic E-state index is 13.5. The number of ether oxygens (including phenoxy) is 4. The normalized spacial score (nSPS) is 13.7. The van der Waals surface area contributed by atoms with E-state index in [9.17, 15) is 14.4 Å². The molecule has 4 aromatic carbocycles. The van der Waals surface area contributed by atoms with E-state index < -0.39 is 6.04 Å². The van der Waals surface area contributed by atoms with Crippen LogP contribution in [-0.2, 0) is 30.2 Å². The van der Waals surface area contributed by atoms with Crippen LogP contribution in [0.5, 0.6) is 5.75 Å². The predicted molar refractivity (Wildman–Crippen MR) is 258 cm³/mol. The van der Waals surface area contributed by atoms with E-state index >= 15 is 0 Å². The molecule has 0 unspecified atom stereocenters. The summed E-state index contributed by atoms with van der Waals surface area (Å²) in [5, 5.41) is 19.3. The standard InChI is InChI=1S/C48H48ClN7O7S.H2S/c1-29-30(2)64-48-44(29)45(32-9-11-37(49)12-10-32)53-41(46-55-54-31(3)56(46)48)28-43(58)51-38-13-15-39(16-14-38)63-24-23-62-22-21-61-20-19-60-18-17-50-47(59)36-6-4-5-33(25-36)34-7-8-35-27-42(57)52-40(35)26-34;/h4-16,25-26,41H,17-24,27-28H2,1-3H3,(H,50,59)(H,51,58)(H,52,57);1H2/t41-;/m0./s1. The van der Waals surface area contributed by atoms with Crippen molar-refractivity contribution in [1.82, 2.24) is 20.1 Å². The molecule has 0 saturated heterocycles. The summed E-state index contributed by atoms with van der Waals surface area (Å²) < 4.78 is 24.7. The topological polar surface area (TPSA) is 167 Å². The zero-order valence-electron chi connectivity index (χ0n) is 36.2. The molecule has 2 aliphatic heterocycles. The molecule has 0 spiro atoms. The Bertz CT molecular complexity index is 2690. The molecule has 338 valence electrons.